The molecule has 1 fully saturated rings. The third-order valence-corrected chi connectivity index (χ3v) is 1.57. The summed E-state index contributed by atoms with van der Waals surface area (Å²) in [6, 6.07) is 0. The van der Waals surface area contributed by atoms with E-state index in [0.717, 1.165) is 6.42 Å². The average Bonchev–Trinajstić information content (AvgIpc) is 1.95. The molecule has 4 heteroatoms. The molecule has 0 spiro atoms. The molecule has 1 aliphatic rings. The summed E-state index contributed by atoms with van der Waals surface area (Å²) in [6.07, 6.45) is 0.0904. The number of carbonyl (C=O) groups is 1. The fraction of sp³-hybridized carbons (Fsp3) is 0.833. The maximum atomic E-state index is 10.8. The van der Waals surface area contributed by atoms with Crippen LogP contribution in [0.1, 0.15) is 6.42 Å². The van der Waals surface area contributed by atoms with Crippen molar-refractivity contribution in [2.45, 2.75) is 12.5 Å². The van der Waals surface area contributed by atoms with Crippen LogP contribution in [0.4, 0.5) is 4.79 Å². The van der Waals surface area contributed by atoms with Crippen molar-refractivity contribution in [1.82, 2.24) is 4.90 Å². The van der Waals surface area contributed by atoms with Gasteiger partial charge in [0, 0.05) is 20.0 Å². The van der Waals surface area contributed by atoms with Crippen molar-refractivity contribution in [3.63, 3.8) is 0 Å². The maximum absolute atomic E-state index is 10.8. The van der Waals surface area contributed by atoms with E-state index in [1.54, 1.807) is 7.05 Å². The molecular weight excluding hydrogens is 134 g/mol. The first kappa shape index (κ1) is 7.34. The van der Waals surface area contributed by atoms with Gasteiger partial charge in [-0.2, -0.15) is 0 Å². The van der Waals surface area contributed by atoms with Crippen LogP contribution in [0.25, 0.3) is 0 Å². The molecule has 0 unspecified atom stereocenters. The number of nitrogens with zero attached hydrogens (tertiary/aromatic N) is 1. The van der Waals surface area contributed by atoms with Crippen molar-refractivity contribution in [2.24, 2.45) is 0 Å². The molecule has 10 heavy (non-hydrogen) atoms. The molecule has 4 nitrogen and oxygen atoms in total. The van der Waals surface area contributed by atoms with E-state index in [4.69, 9.17) is 9.84 Å². The molecular formula is C6H11NO3. The third-order valence-electron chi connectivity index (χ3n) is 1.57. The van der Waals surface area contributed by atoms with Gasteiger partial charge in [-0.1, -0.05) is 0 Å². The zero-order chi connectivity index (χ0) is 7.56. The standard InChI is InChI=1S/C6H11NO3/c1-7-3-2-5(4-8)10-6(7)9/h5,8H,2-4H2,1H3/t5-/m1/s1. The lowest BCUT2D eigenvalue weighted by Gasteiger charge is -2.27. The Morgan fingerprint density at radius 2 is 2.60 bits per heavy atom. The van der Waals surface area contributed by atoms with Crippen molar-refractivity contribution in [2.75, 3.05) is 20.2 Å². The van der Waals surface area contributed by atoms with Gasteiger partial charge in [0.1, 0.15) is 6.10 Å². The lowest BCUT2D eigenvalue weighted by Crippen LogP contribution is -2.40. The van der Waals surface area contributed by atoms with E-state index in [1.807, 2.05) is 0 Å². The van der Waals surface area contributed by atoms with Gasteiger partial charge >= 0.3 is 6.09 Å². The number of ether oxygens (including phenoxy) is 1. The summed E-state index contributed by atoms with van der Waals surface area (Å²) in [5, 5.41) is 8.60. The van der Waals surface area contributed by atoms with Crippen LogP contribution in [0.5, 0.6) is 0 Å². The highest BCUT2D eigenvalue weighted by Gasteiger charge is 2.22. The minimum absolute atomic E-state index is 0.0699. The Labute approximate surface area is 59.4 Å². The second-order valence-corrected chi connectivity index (χ2v) is 2.40. The first-order valence-corrected chi connectivity index (χ1v) is 3.26. The topological polar surface area (TPSA) is 49.8 Å². The van der Waals surface area contributed by atoms with Crippen LogP contribution in [0.2, 0.25) is 0 Å². The smallest absolute Gasteiger partial charge is 0.409 e. The van der Waals surface area contributed by atoms with Gasteiger partial charge < -0.3 is 14.7 Å². The maximum Gasteiger partial charge on any atom is 0.409 e. The lowest BCUT2D eigenvalue weighted by molar-refractivity contribution is 0.00536. The molecule has 0 radical (unpaired) electrons. The number of hydrogen-bond acceptors (Lipinski definition) is 3. The third kappa shape index (κ3) is 1.39. The number of hydrogen-bond donors (Lipinski definition) is 1. The number of cyclic esters (lactones) is 1. The van der Waals surface area contributed by atoms with Crippen LogP contribution in [0.3, 0.4) is 0 Å². The summed E-state index contributed by atoms with van der Waals surface area (Å²) >= 11 is 0. The predicted molar refractivity (Wildman–Crippen MR) is 34.6 cm³/mol. The molecule has 1 N–H and O–H groups in total. The Balaban J connectivity index is 2.41. The van der Waals surface area contributed by atoms with Crippen LogP contribution in [-0.4, -0.2) is 42.4 Å². The molecule has 1 atom stereocenters. The van der Waals surface area contributed by atoms with E-state index in [-0.39, 0.29) is 18.8 Å². The monoisotopic (exact) mass is 145 g/mol. The number of aliphatic hydroxyl groups is 1. The number of aliphatic hydroxyl groups excluding tert-OH is 1. The van der Waals surface area contributed by atoms with Gasteiger partial charge in [0.15, 0.2) is 0 Å². The van der Waals surface area contributed by atoms with E-state index >= 15 is 0 Å². The molecule has 1 rings (SSSR count). The predicted octanol–water partition coefficient (Wildman–Crippen LogP) is -0.181. The summed E-state index contributed by atoms with van der Waals surface area (Å²) < 4.78 is 4.78. The molecule has 0 aromatic heterocycles. The van der Waals surface area contributed by atoms with Gasteiger partial charge in [0.05, 0.1) is 6.61 Å². The molecule has 0 aliphatic carbocycles. The summed E-state index contributed by atoms with van der Waals surface area (Å²) in [6.45, 7) is 0.601. The lowest BCUT2D eigenvalue weighted by atomic mass is 10.2. The van der Waals surface area contributed by atoms with E-state index in [0.29, 0.717) is 6.54 Å². The molecule has 1 heterocycles. The van der Waals surface area contributed by atoms with Crippen molar-refractivity contribution in [3.8, 4) is 0 Å². The number of carbonyl (C=O) groups excluding carboxylic acids is 1. The van der Waals surface area contributed by atoms with E-state index in [1.165, 1.54) is 4.90 Å². The first-order chi connectivity index (χ1) is 4.74. The van der Waals surface area contributed by atoms with Gasteiger partial charge in [-0.25, -0.2) is 4.79 Å². The summed E-state index contributed by atoms with van der Waals surface area (Å²) in [5.41, 5.74) is 0. The van der Waals surface area contributed by atoms with E-state index < -0.39 is 0 Å². The van der Waals surface area contributed by atoms with Crippen LogP contribution in [0, 0.1) is 0 Å². The Morgan fingerprint density at radius 1 is 1.90 bits per heavy atom. The van der Waals surface area contributed by atoms with E-state index in [9.17, 15) is 4.79 Å². The van der Waals surface area contributed by atoms with Crippen molar-refractivity contribution in [3.05, 3.63) is 0 Å². The summed E-state index contributed by atoms with van der Waals surface area (Å²) in [7, 11) is 1.68. The molecule has 0 saturated carbocycles. The van der Waals surface area contributed by atoms with E-state index in [2.05, 4.69) is 0 Å². The van der Waals surface area contributed by atoms with Gasteiger partial charge in [0.25, 0.3) is 0 Å². The quantitative estimate of drug-likeness (QED) is 0.556. The van der Waals surface area contributed by atoms with Crippen LogP contribution in [0.15, 0.2) is 0 Å². The first-order valence-electron chi connectivity index (χ1n) is 3.26. The highest BCUT2D eigenvalue weighted by atomic mass is 16.6. The molecule has 1 amide bonds. The average molecular weight is 145 g/mol. The van der Waals surface area contributed by atoms with Gasteiger partial charge in [-0.3, -0.25) is 0 Å². The SMILES string of the molecule is CN1CC[C@H](CO)OC1=O. The van der Waals surface area contributed by atoms with Crippen LogP contribution >= 0.6 is 0 Å². The molecule has 1 saturated heterocycles. The van der Waals surface area contributed by atoms with Crippen molar-refractivity contribution < 1.29 is 14.6 Å². The molecule has 0 aromatic rings. The summed E-state index contributed by atoms with van der Waals surface area (Å²) in [4.78, 5) is 12.2. The zero-order valence-electron chi connectivity index (χ0n) is 5.91. The Bertz CT molecular complexity index is 137. The Morgan fingerprint density at radius 3 is 3.10 bits per heavy atom. The van der Waals surface area contributed by atoms with Gasteiger partial charge in [-0.15, -0.1) is 0 Å². The van der Waals surface area contributed by atoms with Crippen LogP contribution < -0.4 is 0 Å². The minimum Gasteiger partial charge on any atom is -0.444 e. The normalized spacial score (nSPS) is 26.4. The number of rotatable bonds is 1. The molecule has 0 aromatic carbocycles. The van der Waals surface area contributed by atoms with Gasteiger partial charge in [-0.05, 0) is 0 Å². The fourth-order valence-corrected chi connectivity index (χ4v) is 0.849. The Kier molecular flexibility index (Phi) is 2.11. The molecule has 0 bridgehead atoms. The van der Waals surface area contributed by atoms with Gasteiger partial charge in [0.2, 0.25) is 0 Å². The van der Waals surface area contributed by atoms with Crippen molar-refractivity contribution >= 4 is 6.09 Å². The Hall–Kier alpha value is -0.770. The fourth-order valence-electron chi connectivity index (χ4n) is 0.849. The highest BCUT2D eigenvalue weighted by Crippen LogP contribution is 2.08. The molecule has 58 valence electrons. The van der Waals surface area contributed by atoms with Crippen molar-refractivity contribution in [1.29, 1.82) is 0 Å². The minimum atomic E-state index is -0.342. The highest BCUT2D eigenvalue weighted by molar-refractivity contribution is 5.68. The zero-order valence-corrected chi connectivity index (χ0v) is 5.91. The largest absolute Gasteiger partial charge is 0.444 e. The number of amides is 1. The van der Waals surface area contributed by atoms with Crippen LogP contribution in [-0.2, 0) is 4.74 Å². The second kappa shape index (κ2) is 2.88. The molecule has 1 aliphatic heterocycles. The summed E-state index contributed by atoms with van der Waals surface area (Å²) in [5.74, 6) is 0. The second-order valence-electron chi connectivity index (χ2n) is 2.40.